The van der Waals surface area contributed by atoms with Crippen LogP contribution in [0.15, 0.2) is 42.6 Å². The Morgan fingerprint density at radius 2 is 1.96 bits per heavy atom. The van der Waals surface area contributed by atoms with Crippen molar-refractivity contribution in [2.24, 2.45) is 5.92 Å². The number of aromatic nitrogens is 1. The van der Waals surface area contributed by atoms with E-state index in [4.69, 9.17) is 0 Å². The Hall–Kier alpha value is -2.76. The van der Waals surface area contributed by atoms with E-state index in [0.717, 1.165) is 0 Å². The maximum Gasteiger partial charge on any atom is 0.274 e. The summed E-state index contributed by atoms with van der Waals surface area (Å²) in [5, 5.41) is 5.32. The van der Waals surface area contributed by atoms with Crippen molar-refractivity contribution in [3.63, 3.8) is 0 Å². The second kappa shape index (κ2) is 7.49. The van der Waals surface area contributed by atoms with Gasteiger partial charge in [-0.1, -0.05) is 19.9 Å². The van der Waals surface area contributed by atoms with Crippen LogP contribution in [0, 0.1) is 11.7 Å². The van der Waals surface area contributed by atoms with Crippen LogP contribution in [0.1, 0.15) is 34.7 Å². The monoisotopic (exact) mass is 315 g/mol. The molecule has 1 aromatic carbocycles. The molecule has 23 heavy (non-hydrogen) atoms. The Balaban J connectivity index is 2.09. The molecule has 6 heteroatoms. The molecule has 1 heterocycles. The SMILES string of the molecule is CC(C)CNC(=O)c1ccnc(C(=O)Nc2cccc(F)c2)c1. The van der Waals surface area contributed by atoms with Crippen molar-refractivity contribution in [1.82, 2.24) is 10.3 Å². The van der Waals surface area contributed by atoms with E-state index in [1.54, 1.807) is 6.07 Å². The van der Waals surface area contributed by atoms with E-state index >= 15 is 0 Å². The Bertz CT molecular complexity index is 716. The topological polar surface area (TPSA) is 71.1 Å². The number of carbonyl (C=O) groups is 2. The van der Waals surface area contributed by atoms with E-state index in [1.807, 2.05) is 13.8 Å². The highest BCUT2D eigenvalue weighted by molar-refractivity contribution is 6.04. The zero-order chi connectivity index (χ0) is 16.8. The zero-order valence-electron chi connectivity index (χ0n) is 13.0. The molecule has 2 amide bonds. The van der Waals surface area contributed by atoms with Crippen LogP contribution < -0.4 is 10.6 Å². The molecule has 0 radical (unpaired) electrons. The minimum absolute atomic E-state index is 0.0893. The van der Waals surface area contributed by atoms with Gasteiger partial charge in [-0.15, -0.1) is 0 Å². The van der Waals surface area contributed by atoms with Gasteiger partial charge < -0.3 is 10.6 Å². The van der Waals surface area contributed by atoms with Gasteiger partial charge in [0.2, 0.25) is 0 Å². The first-order chi connectivity index (χ1) is 11.0. The maximum atomic E-state index is 13.1. The van der Waals surface area contributed by atoms with Crippen LogP contribution in [0.2, 0.25) is 0 Å². The molecular formula is C17H18FN3O2. The first-order valence-electron chi connectivity index (χ1n) is 7.27. The molecule has 0 aliphatic carbocycles. The number of hydrogen-bond donors (Lipinski definition) is 2. The second-order valence-electron chi connectivity index (χ2n) is 5.50. The summed E-state index contributed by atoms with van der Waals surface area (Å²) in [7, 11) is 0. The fourth-order valence-electron chi connectivity index (χ4n) is 1.86. The van der Waals surface area contributed by atoms with Crippen LogP contribution in [0.4, 0.5) is 10.1 Å². The number of nitrogens with zero attached hydrogens (tertiary/aromatic N) is 1. The van der Waals surface area contributed by atoms with Crippen LogP contribution in [0.5, 0.6) is 0 Å². The number of hydrogen-bond acceptors (Lipinski definition) is 3. The molecule has 0 unspecified atom stereocenters. The lowest BCUT2D eigenvalue weighted by molar-refractivity contribution is 0.0949. The quantitative estimate of drug-likeness (QED) is 0.891. The van der Waals surface area contributed by atoms with E-state index < -0.39 is 11.7 Å². The van der Waals surface area contributed by atoms with Crippen molar-refractivity contribution >= 4 is 17.5 Å². The highest BCUT2D eigenvalue weighted by Crippen LogP contribution is 2.11. The number of rotatable bonds is 5. The van der Waals surface area contributed by atoms with Crippen molar-refractivity contribution in [2.75, 3.05) is 11.9 Å². The van der Waals surface area contributed by atoms with Crippen molar-refractivity contribution in [3.8, 4) is 0 Å². The van der Waals surface area contributed by atoms with Crippen LogP contribution in [-0.2, 0) is 0 Å². The van der Waals surface area contributed by atoms with E-state index in [-0.39, 0.29) is 11.6 Å². The van der Waals surface area contributed by atoms with Gasteiger partial charge in [0.15, 0.2) is 0 Å². The lowest BCUT2D eigenvalue weighted by atomic mass is 10.2. The number of carbonyl (C=O) groups excluding carboxylic acids is 2. The number of nitrogens with one attached hydrogen (secondary N) is 2. The van der Waals surface area contributed by atoms with Gasteiger partial charge in [0.05, 0.1) is 0 Å². The lowest BCUT2D eigenvalue weighted by Crippen LogP contribution is -2.27. The smallest absolute Gasteiger partial charge is 0.274 e. The third kappa shape index (κ3) is 4.88. The van der Waals surface area contributed by atoms with E-state index in [9.17, 15) is 14.0 Å². The normalized spacial score (nSPS) is 10.4. The molecule has 0 aliphatic heterocycles. The molecule has 1 aromatic heterocycles. The fraction of sp³-hybridized carbons (Fsp3) is 0.235. The molecule has 2 rings (SSSR count). The third-order valence-corrected chi connectivity index (χ3v) is 3.01. The van der Waals surface area contributed by atoms with Gasteiger partial charge in [-0.05, 0) is 36.2 Å². The predicted molar refractivity (Wildman–Crippen MR) is 85.8 cm³/mol. The highest BCUT2D eigenvalue weighted by atomic mass is 19.1. The number of benzene rings is 1. The summed E-state index contributed by atoms with van der Waals surface area (Å²) in [6.07, 6.45) is 1.39. The molecule has 0 saturated carbocycles. The van der Waals surface area contributed by atoms with Gasteiger partial charge in [-0.3, -0.25) is 14.6 Å². The molecule has 2 aromatic rings. The Kier molecular flexibility index (Phi) is 5.41. The molecule has 0 spiro atoms. The first-order valence-corrected chi connectivity index (χ1v) is 7.27. The average molecular weight is 315 g/mol. The highest BCUT2D eigenvalue weighted by Gasteiger charge is 2.12. The molecule has 120 valence electrons. The zero-order valence-corrected chi connectivity index (χ0v) is 13.0. The number of anilines is 1. The number of pyridine rings is 1. The molecule has 0 saturated heterocycles. The lowest BCUT2D eigenvalue weighted by Gasteiger charge is -2.09. The summed E-state index contributed by atoms with van der Waals surface area (Å²) in [5.74, 6) is -0.885. The summed E-state index contributed by atoms with van der Waals surface area (Å²) in [6.45, 7) is 4.53. The van der Waals surface area contributed by atoms with Crippen LogP contribution in [0.25, 0.3) is 0 Å². The minimum Gasteiger partial charge on any atom is -0.352 e. The molecule has 0 bridgehead atoms. The van der Waals surface area contributed by atoms with Crippen molar-refractivity contribution in [3.05, 3.63) is 59.7 Å². The van der Waals surface area contributed by atoms with E-state index in [2.05, 4.69) is 15.6 Å². The van der Waals surface area contributed by atoms with Gasteiger partial charge in [0.25, 0.3) is 11.8 Å². The largest absolute Gasteiger partial charge is 0.352 e. The summed E-state index contributed by atoms with van der Waals surface area (Å²) in [4.78, 5) is 28.1. The molecule has 5 nitrogen and oxygen atoms in total. The van der Waals surface area contributed by atoms with E-state index in [1.165, 1.54) is 36.5 Å². The molecule has 0 aliphatic rings. The number of amides is 2. The van der Waals surface area contributed by atoms with Gasteiger partial charge in [-0.2, -0.15) is 0 Å². The van der Waals surface area contributed by atoms with Crippen LogP contribution >= 0.6 is 0 Å². The van der Waals surface area contributed by atoms with Gasteiger partial charge >= 0.3 is 0 Å². The first kappa shape index (κ1) is 16.6. The van der Waals surface area contributed by atoms with Crippen molar-refractivity contribution in [1.29, 1.82) is 0 Å². The standard InChI is InChI=1S/C17H18FN3O2/c1-11(2)10-20-16(22)12-6-7-19-15(8-12)17(23)21-14-5-3-4-13(18)9-14/h3-9,11H,10H2,1-2H3,(H,20,22)(H,21,23). The van der Waals surface area contributed by atoms with Crippen LogP contribution in [0.3, 0.4) is 0 Å². The van der Waals surface area contributed by atoms with Gasteiger partial charge in [0, 0.05) is 24.0 Å². The maximum absolute atomic E-state index is 13.1. The third-order valence-electron chi connectivity index (χ3n) is 3.01. The van der Waals surface area contributed by atoms with Crippen molar-refractivity contribution in [2.45, 2.75) is 13.8 Å². The van der Waals surface area contributed by atoms with Crippen molar-refractivity contribution < 1.29 is 14.0 Å². The van der Waals surface area contributed by atoms with Gasteiger partial charge in [-0.25, -0.2) is 4.39 Å². The Morgan fingerprint density at radius 1 is 1.17 bits per heavy atom. The predicted octanol–water partition coefficient (Wildman–Crippen LogP) is 2.86. The average Bonchev–Trinajstić information content (AvgIpc) is 2.52. The van der Waals surface area contributed by atoms with E-state index in [0.29, 0.717) is 23.7 Å². The summed E-state index contributed by atoms with van der Waals surface area (Å²) >= 11 is 0. The Morgan fingerprint density at radius 3 is 2.65 bits per heavy atom. The summed E-state index contributed by atoms with van der Waals surface area (Å²) in [5.41, 5.74) is 0.767. The summed E-state index contributed by atoms with van der Waals surface area (Å²) in [6, 6.07) is 8.50. The molecule has 2 N–H and O–H groups in total. The van der Waals surface area contributed by atoms with Crippen LogP contribution in [-0.4, -0.2) is 23.3 Å². The number of halogens is 1. The Labute approximate surface area is 133 Å². The second-order valence-corrected chi connectivity index (χ2v) is 5.50. The summed E-state index contributed by atoms with van der Waals surface area (Å²) < 4.78 is 13.1. The minimum atomic E-state index is -0.505. The molecular weight excluding hydrogens is 297 g/mol. The fourth-order valence-corrected chi connectivity index (χ4v) is 1.86. The molecule has 0 fully saturated rings. The molecule has 0 atom stereocenters. The van der Waals surface area contributed by atoms with Gasteiger partial charge in [0.1, 0.15) is 11.5 Å².